The van der Waals surface area contributed by atoms with E-state index in [9.17, 15) is 0 Å². The van der Waals surface area contributed by atoms with Crippen molar-refractivity contribution in [3.05, 3.63) is 77.5 Å². The summed E-state index contributed by atoms with van der Waals surface area (Å²) in [5.41, 5.74) is 7.31. The second kappa shape index (κ2) is 7.36. The third-order valence-corrected chi connectivity index (χ3v) is 6.49. The number of nitrogens with zero attached hydrogens (tertiary/aromatic N) is 1. The molecule has 1 unspecified atom stereocenters. The van der Waals surface area contributed by atoms with E-state index in [4.69, 9.17) is 0 Å². The molecule has 0 spiro atoms. The topological polar surface area (TPSA) is 19.0 Å². The third-order valence-electron chi connectivity index (χ3n) is 6.49. The SMILES string of the molecule is C1=C(c2ccccc2)CCN(CCC2CCc3[nH]c4ccccc4c3C2)C1. The van der Waals surface area contributed by atoms with Gasteiger partial charge in [0.05, 0.1) is 0 Å². The maximum atomic E-state index is 3.64. The largest absolute Gasteiger partial charge is 0.358 e. The zero-order valence-corrected chi connectivity index (χ0v) is 16.0. The van der Waals surface area contributed by atoms with Gasteiger partial charge in [-0.3, -0.25) is 4.90 Å². The van der Waals surface area contributed by atoms with Gasteiger partial charge in [0.1, 0.15) is 0 Å². The molecule has 0 saturated carbocycles. The van der Waals surface area contributed by atoms with Crippen molar-refractivity contribution in [1.29, 1.82) is 0 Å². The molecule has 0 saturated heterocycles. The standard InChI is InChI=1S/C25H28N2/c1-2-6-20(7-3-1)21-13-16-27(17-14-21)15-12-19-10-11-25-23(18-19)22-8-4-5-9-24(22)26-25/h1-9,13,19,26H,10-12,14-18H2. The molecule has 1 aliphatic carbocycles. The summed E-state index contributed by atoms with van der Waals surface area (Å²) < 4.78 is 0. The Morgan fingerprint density at radius 1 is 0.963 bits per heavy atom. The minimum Gasteiger partial charge on any atom is -0.358 e. The van der Waals surface area contributed by atoms with E-state index < -0.39 is 0 Å². The molecule has 2 heterocycles. The van der Waals surface area contributed by atoms with Gasteiger partial charge in [-0.25, -0.2) is 0 Å². The Labute approximate surface area is 161 Å². The van der Waals surface area contributed by atoms with Gasteiger partial charge in [0, 0.05) is 29.7 Å². The van der Waals surface area contributed by atoms with Crippen LogP contribution < -0.4 is 0 Å². The number of aryl methyl sites for hydroxylation is 1. The average molecular weight is 357 g/mol. The quantitative estimate of drug-likeness (QED) is 0.658. The third kappa shape index (κ3) is 3.46. The van der Waals surface area contributed by atoms with Crippen LogP contribution in [0.15, 0.2) is 60.7 Å². The zero-order valence-electron chi connectivity index (χ0n) is 16.0. The Morgan fingerprint density at radius 2 is 1.81 bits per heavy atom. The fraction of sp³-hybridized carbons (Fsp3) is 0.360. The van der Waals surface area contributed by atoms with Gasteiger partial charge in [-0.1, -0.05) is 54.6 Å². The number of aromatic amines is 1. The van der Waals surface area contributed by atoms with E-state index in [1.54, 1.807) is 5.56 Å². The molecule has 1 aromatic heterocycles. The van der Waals surface area contributed by atoms with Crippen molar-refractivity contribution < 1.29 is 0 Å². The van der Waals surface area contributed by atoms with Crippen molar-refractivity contribution in [1.82, 2.24) is 9.88 Å². The molecule has 0 amide bonds. The molecule has 1 aliphatic heterocycles. The van der Waals surface area contributed by atoms with E-state index in [0.29, 0.717) is 0 Å². The first kappa shape index (κ1) is 16.8. The number of nitrogens with one attached hydrogen (secondary N) is 1. The molecular formula is C25H28N2. The first-order valence-electron chi connectivity index (χ1n) is 10.4. The number of hydrogen-bond donors (Lipinski definition) is 1. The second-order valence-electron chi connectivity index (χ2n) is 8.17. The van der Waals surface area contributed by atoms with Gasteiger partial charge in [0.2, 0.25) is 0 Å². The lowest BCUT2D eigenvalue weighted by atomic mass is 9.84. The Morgan fingerprint density at radius 3 is 2.67 bits per heavy atom. The molecule has 2 heteroatoms. The van der Waals surface area contributed by atoms with Crippen LogP contribution in [0.2, 0.25) is 0 Å². The summed E-state index contributed by atoms with van der Waals surface area (Å²) in [6, 6.07) is 19.7. The molecular weight excluding hydrogens is 328 g/mol. The number of benzene rings is 2. The molecule has 27 heavy (non-hydrogen) atoms. The van der Waals surface area contributed by atoms with Gasteiger partial charge >= 0.3 is 0 Å². The molecule has 138 valence electrons. The first-order chi connectivity index (χ1) is 13.4. The van der Waals surface area contributed by atoms with Crippen molar-refractivity contribution >= 4 is 16.5 Å². The number of H-pyrrole nitrogens is 1. The Hall–Kier alpha value is -2.32. The van der Waals surface area contributed by atoms with Crippen molar-refractivity contribution in [3.8, 4) is 0 Å². The molecule has 2 aromatic carbocycles. The van der Waals surface area contributed by atoms with Gasteiger partial charge in [-0.2, -0.15) is 0 Å². The molecule has 5 rings (SSSR count). The molecule has 2 nitrogen and oxygen atoms in total. The van der Waals surface area contributed by atoms with Gasteiger partial charge in [-0.15, -0.1) is 0 Å². The Balaban J connectivity index is 1.19. The van der Waals surface area contributed by atoms with Crippen molar-refractivity contribution in [3.63, 3.8) is 0 Å². The van der Waals surface area contributed by atoms with Crippen molar-refractivity contribution in [2.75, 3.05) is 19.6 Å². The molecule has 0 fully saturated rings. The number of aromatic nitrogens is 1. The van der Waals surface area contributed by atoms with Crippen LogP contribution in [0, 0.1) is 5.92 Å². The summed E-state index contributed by atoms with van der Waals surface area (Å²) in [5, 5.41) is 1.45. The van der Waals surface area contributed by atoms with E-state index in [0.717, 1.165) is 12.5 Å². The van der Waals surface area contributed by atoms with Crippen LogP contribution in [0.3, 0.4) is 0 Å². The smallest absolute Gasteiger partial charge is 0.0458 e. The Kier molecular flexibility index (Phi) is 4.59. The van der Waals surface area contributed by atoms with Crippen LogP contribution in [-0.4, -0.2) is 29.5 Å². The monoisotopic (exact) mass is 356 g/mol. The van der Waals surface area contributed by atoms with Crippen molar-refractivity contribution in [2.45, 2.75) is 32.1 Å². The summed E-state index contributed by atoms with van der Waals surface area (Å²) in [7, 11) is 0. The first-order valence-corrected chi connectivity index (χ1v) is 10.4. The van der Waals surface area contributed by atoms with Crippen molar-refractivity contribution in [2.24, 2.45) is 5.92 Å². The van der Waals surface area contributed by atoms with Crippen LogP contribution >= 0.6 is 0 Å². The second-order valence-corrected chi connectivity index (χ2v) is 8.17. The molecule has 2 aliphatic rings. The van der Waals surface area contributed by atoms with Gasteiger partial charge in [0.25, 0.3) is 0 Å². The van der Waals surface area contributed by atoms with E-state index in [2.05, 4.69) is 70.6 Å². The van der Waals surface area contributed by atoms with E-state index in [1.807, 2.05) is 0 Å². The lowest BCUT2D eigenvalue weighted by Gasteiger charge is -2.29. The summed E-state index contributed by atoms with van der Waals surface area (Å²) in [5.74, 6) is 0.830. The summed E-state index contributed by atoms with van der Waals surface area (Å²) in [6.07, 6.45) is 8.75. The highest BCUT2D eigenvalue weighted by molar-refractivity contribution is 5.84. The van der Waals surface area contributed by atoms with Crippen LogP contribution in [0.5, 0.6) is 0 Å². The maximum Gasteiger partial charge on any atom is 0.0458 e. The lowest BCUT2D eigenvalue weighted by molar-refractivity contribution is 0.265. The highest BCUT2D eigenvalue weighted by Gasteiger charge is 2.23. The lowest BCUT2D eigenvalue weighted by Crippen LogP contribution is -2.31. The fourth-order valence-corrected chi connectivity index (χ4v) is 4.88. The predicted molar refractivity (Wildman–Crippen MR) is 114 cm³/mol. The van der Waals surface area contributed by atoms with Crippen LogP contribution in [0.4, 0.5) is 0 Å². The summed E-state index contributed by atoms with van der Waals surface area (Å²) in [6.45, 7) is 3.54. The molecule has 0 bridgehead atoms. The van der Waals surface area contributed by atoms with Crippen LogP contribution in [0.25, 0.3) is 16.5 Å². The minimum absolute atomic E-state index is 0.830. The van der Waals surface area contributed by atoms with E-state index in [-0.39, 0.29) is 0 Å². The van der Waals surface area contributed by atoms with Gasteiger partial charge in [-0.05, 0) is 67.3 Å². The predicted octanol–water partition coefficient (Wildman–Crippen LogP) is 5.45. The molecule has 1 atom stereocenters. The molecule has 0 radical (unpaired) electrons. The molecule has 1 N–H and O–H groups in total. The highest BCUT2D eigenvalue weighted by Crippen LogP contribution is 2.33. The fourth-order valence-electron chi connectivity index (χ4n) is 4.88. The van der Waals surface area contributed by atoms with Crippen LogP contribution in [0.1, 0.15) is 36.1 Å². The summed E-state index contributed by atoms with van der Waals surface area (Å²) >= 11 is 0. The average Bonchev–Trinajstić information content (AvgIpc) is 3.11. The van der Waals surface area contributed by atoms with Gasteiger partial charge in [0.15, 0.2) is 0 Å². The minimum atomic E-state index is 0.830. The number of rotatable bonds is 4. The van der Waals surface area contributed by atoms with Crippen LogP contribution in [-0.2, 0) is 12.8 Å². The van der Waals surface area contributed by atoms with E-state index >= 15 is 0 Å². The van der Waals surface area contributed by atoms with E-state index in [1.165, 1.54) is 72.9 Å². The van der Waals surface area contributed by atoms with Gasteiger partial charge < -0.3 is 4.98 Å². The molecule has 3 aromatic rings. The zero-order chi connectivity index (χ0) is 18.1. The number of hydrogen-bond acceptors (Lipinski definition) is 1. The summed E-state index contributed by atoms with van der Waals surface area (Å²) in [4.78, 5) is 6.28. The highest BCUT2D eigenvalue weighted by atomic mass is 15.1. The number of fused-ring (bicyclic) bond motifs is 3. The Bertz CT molecular complexity index is 951. The number of para-hydroxylation sites is 1. The normalized spacial score (nSPS) is 20.4. The maximum absolute atomic E-state index is 3.64.